The maximum atomic E-state index is 11.0. The van der Waals surface area contributed by atoms with E-state index in [1.165, 1.54) is 0 Å². The molecule has 0 saturated carbocycles. The van der Waals surface area contributed by atoms with E-state index in [1.807, 2.05) is 30.3 Å². The predicted octanol–water partition coefficient (Wildman–Crippen LogP) is 1.44. The Hall–Kier alpha value is -1.88. The average molecular weight is 251 g/mol. The van der Waals surface area contributed by atoms with Crippen LogP contribution in [0.5, 0.6) is 0 Å². The van der Waals surface area contributed by atoms with Crippen molar-refractivity contribution in [3.63, 3.8) is 0 Å². The van der Waals surface area contributed by atoms with Gasteiger partial charge in [-0.15, -0.1) is 0 Å². The van der Waals surface area contributed by atoms with Crippen LogP contribution >= 0.6 is 0 Å². The normalized spacial score (nSPS) is 12.3. The van der Waals surface area contributed by atoms with Crippen molar-refractivity contribution >= 4 is 11.9 Å². The summed E-state index contributed by atoms with van der Waals surface area (Å²) in [5.41, 5.74) is 0.969. The van der Waals surface area contributed by atoms with E-state index in [4.69, 9.17) is 10.2 Å². The zero-order valence-corrected chi connectivity index (χ0v) is 10.2. The molecule has 5 nitrogen and oxygen atoms in total. The lowest BCUT2D eigenvalue weighted by molar-refractivity contribution is -0.144. The highest BCUT2D eigenvalue weighted by atomic mass is 16.4. The zero-order chi connectivity index (χ0) is 13.5. The summed E-state index contributed by atoms with van der Waals surface area (Å²) < 4.78 is 0. The average Bonchev–Trinajstić information content (AvgIpc) is 2.34. The van der Waals surface area contributed by atoms with Gasteiger partial charge < -0.3 is 10.2 Å². The quantitative estimate of drug-likeness (QED) is 0.766. The molecule has 98 valence electrons. The minimum absolute atomic E-state index is 0.0650. The Labute approximate surface area is 106 Å². The second-order valence-electron chi connectivity index (χ2n) is 4.11. The van der Waals surface area contributed by atoms with Crippen molar-refractivity contribution in [1.29, 1.82) is 0 Å². The third kappa shape index (κ3) is 4.55. The largest absolute Gasteiger partial charge is 0.481 e. The molecule has 0 spiro atoms. The fourth-order valence-electron chi connectivity index (χ4n) is 1.62. The van der Waals surface area contributed by atoms with E-state index < -0.39 is 18.0 Å². The third-order valence-corrected chi connectivity index (χ3v) is 2.75. The first-order chi connectivity index (χ1) is 8.50. The summed E-state index contributed by atoms with van der Waals surface area (Å²) in [6, 6.07) is 8.70. The number of hydrogen-bond acceptors (Lipinski definition) is 3. The van der Waals surface area contributed by atoms with Crippen LogP contribution in [-0.2, 0) is 16.1 Å². The Balaban J connectivity index is 2.71. The van der Waals surface area contributed by atoms with E-state index in [1.54, 1.807) is 11.8 Å². The first-order valence-corrected chi connectivity index (χ1v) is 5.73. The summed E-state index contributed by atoms with van der Waals surface area (Å²) >= 11 is 0. The molecule has 1 aromatic rings. The van der Waals surface area contributed by atoms with Crippen molar-refractivity contribution in [1.82, 2.24) is 4.90 Å². The third-order valence-electron chi connectivity index (χ3n) is 2.75. The molecule has 0 aliphatic rings. The number of rotatable bonds is 7. The van der Waals surface area contributed by atoms with Gasteiger partial charge in [-0.25, -0.2) is 0 Å². The van der Waals surface area contributed by atoms with E-state index >= 15 is 0 Å². The van der Waals surface area contributed by atoms with Gasteiger partial charge in [-0.3, -0.25) is 14.5 Å². The van der Waals surface area contributed by atoms with Crippen molar-refractivity contribution in [3.05, 3.63) is 35.9 Å². The molecule has 0 saturated heterocycles. The van der Waals surface area contributed by atoms with Crippen LogP contribution < -0.4 is 0 Å². The fraction of sp³-hybridized carbons (Fsp3) is 0.385. The van der Waals surface area contributed by atoms with E-state index in [9.17, 15) is 9.59 Å². The SMILES string of the molecule is CC(C(=O)O)N(CCC(=O)O)Cc1ccccc1. The number of hydrogen-bond donors (Lipinski definition) is 2. The molecule has 0 aliphatic heterocycles. The number of carboxylic acid groups (broad SMARTS) is 2. The Morgan fingerprint density at radius 3 is 2.33 bits per heavy atom. The molecule has 0 radical (unpaired) electrons. The highest BCUT2D eigenvalue weighted by Gasteiger charge is 2.21. The van der Waals surface area contributed by atoms with Crippen LogP contribution in [-0.4, -0.2) is 39.6 Å². The van der Waals surface area contributed by atoms with Crippen molar-refractivity contribution in [2.24, 2.45) is 0 Å². The van der Waals surface area contributed by atoms with Gasteiger partial charge in [-0.2, -0.15) is 0 Å². The van der Waals surface area contributed by atoms with Crippen LogP contribution in [0.25, 0.3) is 0 Å². The monoisotopic (exact) mass is 251 g/mol. The van der Waals surface area contributed by atoms with Gasteiger partial charge in [-0.1, -0.05) is 30.3 Å². The van der Waals surface area contributed by atoms with Crippen molar-refractivity contribution in [3.8, 4) is 0 Å². The minimum Gasteiger partial charge on any atom is -0.481 e. The van der Waals surface area contributed by atoms with Crippen molar-refractivity contribution < 1.29 is 19.8 Å². The molecule has 1 rings (SSSR count). The Bertz CT molecular complexity index is 405. The van der Waals surface area contributed by atoms with Crippen LogP contribution in [0.1, 0.15) is 18.9 Å². The molecule has 0 aliphatic carbocycles. The summed E-state index contributed by atoms with van der Waals surface area (Å²) in [4.78, 5) is 23.2. The maximum absolute atomic E-state index is 11.0. The highest BCUT2D eigenvalue weighted by Crippen LogP contribution is 2.09. The van der Waals surface area contributed by atoms with E-state index in [2.05, 4.69) is 0 Å². The fourth-order valence-corrected chi connectivity index (χ4v) is 1.62. The molecule has 0 amide bonds. The molecule has 0 bridgehead atoms. The molecule has 1 unspecified atom stereocenters. The number of carbonyl (C=O) groups is 2. The Morgan fingerprint density at radius 2 is 1.83 bits per heavy atom. The lowest BCUT2D eigenvalue weighted by Crippen LogP contribution is -2.39. The highest BCUT2D eigenvalue weighted by molar-refractivity contribution is 5.73. The smallest absolute Gasteiger partial charge is 0.320 e. The van der Waals surface area contributed by atoms with Gasteiger partial charge in [0.25, 0.3) is 0 Å². The number of carboxylic acids is 2. The zero-order valence-electron chi connectivity index (χ0n) is 10.2. The standard InChI is InChI=1S/C13H17NO4/c1-10(13(17)18)14(8-7-12(15)16)9-11-5-3-2-4-6-11/h2-6,10H,7-9H2,1H3,(H,15,16)(H,17,18). The number of nitrogens with zero attached hydrogens (tertiary/aromatic N) is 1. The Kier molecular flexibility index (Phi) is 5.32. The second kappa shape index (κ2) is 6.76. The van der Waals surface area contributed by atoms with Crippen LogP contribution in [0.2, 0.25) is 0 Å². The summed E-state index contributed by atoms with van der Waals surface area (Å²) in [6.07, 6.45) is -0.0650. The van der Waals surface area contributed by atoms with Crippen LogP contribution in [0.3, 0.4) is 0 Å². The summed E-state index contributed by atoms with van der Waals surface area (Å²) in [5, 5.41) is 17.7. The number of benzene rings is 1. The molecule has 2 N–H and O–H groups in total. The van der Waals surface area contributed by atoms with Gasteiger partial charge in [0.1, 0.15) is 6.04 Å². The Morgan fingerprint density at radius 1 is 1.22 bits per heavy atom. The molecule has 1 aromatic carbocycles. The van der Waals surface area contributed by atoms with Gasteiger partial charge in [0.05, 0.1) is 6.42 Å². The number of aliphatic carboxylic acids is 2. The molecule has 0 fully saturated rings. The van der Waals surface area contributed by atoms with E-state index in [-0.39, 0.29) is 13.0 Å². The van der Waals surface area contributed by atoms with Crippen LogP contribution in [0, 0.1) is 0 Å². The lowest BCUT2D eigenvalue weighted by Gasteiger charge is -2.25. The molecule has 0 aromatic heterocycles. The van der Waals surface area contributed by atoms with E-state index in [0.717, 1.165) is 5.56 Å². The second-order valence-corrected chi connectivity index (χ2v) is 4.11. The van der Waals surface area contributed by atoms with E-state index in [0.29, 0.717) is 6.54 Å². The first-order valence-electron chi connectivity index (χ1n) is 5.73. The molecular weight excluding hydrogens is 234 g/mol. The first kappa shape index (κ1) is 14.2. The summed E-state index contributed by atoms with van der Waals surface area (Å²) in [7, 11) is 0. The van der Waals surface area contributed by atoms with Crippen molar-refractivity contribution in [2.45, 2.75) is 25.9 Å². The molecule has 0 heterocycles. The van der Waals surface area contributed by atoms with Crippen molar-refractivity contribution in [2.75, 3.05) is 6.54 Å². The maximum Gasteiger partial charge on any atom is 0.320 e. The van der Waals surface area contributed by atoms with Gasteiger partial charge in [-0.05, 0) is 12.5 Å². The van der Waals surface area contributed by atoms with Crippen LogP contribution in [0.15, 0.2) is 30.3 Å². The van der Waals surface area contributed by atoms with Crippen LogP contribution in [0.4, 0.5) is 0 Å². The molecule has 1 atom stereocenters. The summed E-state index contributed by atoms with van der Waals surface area (Å²) in [5.74, 6) is -1.87. The molecule has 18 heavy (non-hydrogen) atoms. The molecular formula is C13H17NO4. The van der Waals surface area contributed by atoms with Gasteiger partial charge in [0.2, 0.25) is 0 Å². The summed E-state index contributed by atoms with van der Waals surface area (Å²) in [6.45, 7) is 2.21. The van der Waals surface area contributed by atoms with Gasteiger partial charge >= 0.3 is 11.9 Å². The molecule has 5 heteroatoms. The lowest BCUT2D eigenvalue weighted by atomic mass is 10.1. The predicted molar refractivity (Wildman–Crippen MR) is 66.2 cm³/mol. The van der Waals surface area contributed by atoms with Gasteiger partial charge in [0, 0.05) is 13.1 Å². The van der Waals surface area contributed by atoms with Gasteiger partial charge in [0.15, 0.2) is 0 Å². The topological polar surface area (TPSA) is 77.8 Å². The minimum atomic E-state index is -0.948.